The number of amides is 2. The van der Waals surface area contributed by atoms with Gasteiger partial charge in [0.05, 0.1) is 19.3 Å². The second kappa shape index (κ2) is 8.08. The van der Waals surface area contributed by atoms with Crippen LogP contribution in [-0.4, -0.2) is 30.4 Å². The van der Waals surface area contributed by atoms with Crippen molar-refractivity contribution < 1.29 is 23.5 Å². The number of hydrogen-bond acceptors (Lipinski definition) is 4. The third-order valence-electron chi connectivity index (χ3n) is 2.69. The van der Waals surface area contributed by atoms with Crippen molar-refractivity contribution in [2.24, 2.45) is 0 Å². The Bertz CT molecular complexity index is 478. The smallest absolute Gasteiger partial charge is 0.429 e. The number of hydrogen-bond donors (Lipinski definition) is 1. The van der Waals surface area contributed by atoms with Crippen molar-refractivity contribution in [1.29, 1.82) is 0 Å². The molecule has 1 atom stereocenters. The lowest BCUT2D eigenvalue weighted by atomic mass is 10.1. The Morgan fingerprint density at radius 1 is 1.19 bits per heavy atom. The Kier molecular flexibility index (Phi) is 6.45. The number of nitrogens with one attached hydrogen (secondary N) is 1. The molecule has 1 aromatic rings. The number of rotatable bonds is 4. The molecule has 2 amide bonds. The fraction of sp³-hybridized carbons (Fsp3) is 0.429. The van der Waals surface area contributed by atoms with Crippen LogP contribution in [0.1, 0.15) is 32.4 Å². The summed E-state index contributed by atoms with van der Waals surface area (Å²) in [5, 5.41) is 1.01. The average Bonchev–Trinajstić information content (AvgIpc) is 2.45. The van der Waals surface area contributed by atoms with Crippen LogP contribution in [-0.2, 0) is 9.47 Å². The summed E-state index contributed by atoms with van der Waals surface area (Å²) in [5.41, 5.74) is 2.96. The highest BCUT2D eigenvalue weighted by Crippen LogP contribution is 2.19. The number of nitrogens with zero attached hydrogens (tertiary/aromatic N) is 1. The highest BCUT2D eigenvalue weighted by atomic mass is 19.1. The van der Waals surface area contributed by atoms with Crippen LogP contribution in [0.25, 0.3) is 0 Å². The van der Waals surface area contributed by atoms with Crippen molar-refractivity contribution in [3.63, 3.8) is 0 Å². The fourth-order valence-electron chi connectivity index (χ4n) is 1.65. The lowest BCUT2D eigenvalue weighted by Gasteiger charge is -2.28. The lowest BCUT2D eigenvalue weighted by Crippen LogP contribution is -2.48. The molecule has 7 heteroatoms. The molecular weight excluding hydrogens is 279 g/mol. The molecule has 116 valence electrons. The predicted octanol–water partition coefficient (Wildman–Crippen LogP) is 3.01. The van der Waals surface area contributed by atoms with Gasteiger partial charge in [-0.3, -0.25) is 0 Å². The maximum Gasteiger partial charge on any atom is 0.429 e. The molecule has 0 spiro atoms. The molecule has 0 aromatic heterocycles. The van der Waals surface area contributed by atoms with Crippen LogP contribution in [0.15, 0.2) is 24.3 Å². The quantitative estimate of drug-likeness (QED) is 0.868. The van der Waals surface area contributed by atoms with Crippen molar-refractivity contribution >= 4 is 12.2 Å². The Hall–Kier alpha value is -2.31. The highest BCUT2D eigenvalue weighted by Gasteiger charge is 2.25. The minimum atomic E-state index is -0.764. The van der Waals surface area contributed by atoms with E-state index in [-0.39, 0.29) is 19.0 Å². The average molecular weight is 298 g/mol. The minimum absolute atomic E-state index is 0.163. The molecule has 0 bridgehead atoms. The molecule has 1 N–H and O–H groups in total. The van der Waals surface area contributed by atoms with Gasteiger partial charge >= 0.3 is 12.2 Å². The van der Waals surface area contributed by atoms with Gasteiger partial charge < -0.3 is 9.47 Å². The molecule has 6 nitrogen and oxygen atoms in total. The number of hydrazine groups is 1. The minimum Gasteiger partial charge on any atom is -0.449 e. The molecule has 0 saturated heterocycles. The Labute approximate surface area is 122 Å². The van der Waals surface area contributed by atoms with Gasteiger partial charge in [-0.15, -0.1) is 0 Å². The molecule has 1 aromatic carbocycles. The van der Waals surface area contributed by atoms with Crippen molar-refractivity contribution in [1.82, 2.24) is 10.4 Å². The molecule has 0 fully saturated rings. The number of carbonyl (C=O) groups excluding carboxylic acids is 2. The number of carbonyl (C=O) groups is 2. The number of halogens is 1. The highest BCUT2D eigenvalue weighted by molar-refractivity contribution is 5.74. The van der Waals surface area contributed by atoms with Gasteiger partial charge in [0.15, 0.2) is 0 Å². The standard InChI is InChI=1S/C14H19FN2O4/c1-4-20-13(18)16-17(14(19)21-5-2)10(3)11-6-8-12(15)9-7-11/h6-10H,4-5H2,1-3H3,(H,16,18). The van der Waals surface area contributed by atoms with Crippen molar-refractivity contribution in [2.75, 3.05) is 13.2 Å². The maximum atomic E-state index is 12.9. The summed E-state index contributed by atoms with van der Waals surface area (Å²) in [6.07, 6.45) is -1.48. The predicted molar refractivity (Wildman–Crippen MR) is 73.8 cm³/mol. The second-order valence-corrected chi connectivity index (χ2v) is 4.13. The van der Waals surface area contributed by atoms with E-state index in [9.17, 15) is 14.0 Å². The molecular formula is C14H19FN2O4. The van der Waals surface area contributed by atoms with E-state index in [1.165, 1.54) is 24.3 Å². The molecule has 0 saturated carbocycles. The SMILES string of the molecule is CCOC(=O)NN(C(=O)OCC)C(C)c1ccc(F)cc1. The number of benzene rings is 1. The molecule has 0 aliphatic rings. The summed E-state index contributed by atoms with van der Waals surface area (Å²) in [6, 6.07) is 5.06. The first-order valence-electron chi connectivity index (χ1n) is 6.64. The van der Waals surface area contributed by atoms with Crippen LogP contribution in [0.4, 0.5) is 14.0 Å². The van der Waals surface area contributed by atoms with Crippen LogP contribution in [0.2, 0.25) is 0 Å². The number of ether oxygens (including phenoxy) is 2. The zero-order valence-corrected chi connectivity index (χ0v) is 12.3. The molecule has 0 heterocycles. The van der Waals surface area contributed by atoms with Crippen LogP contribution in [0.3, 0.4) is 0 Å². The monoisotopic (exact) mass is 298 g/mol. The first kappa shape index (κ1) is 16.7. The Morgan fingerprint density at radius 2 is 1.76 bits per heavy atom. The molecule has 1 rings (SSSR count). The zero-order valence-electron chi connectivity index (χ0n) is 12.3. The van der Waals surface area contributed by atoms with Gasteiger partial charge in [-0.05, 0) is 38.5 Å². The summed E-state index contributed by atoms with van der Waals surface area (Å²) in [5.74, 6) is -0.382. The maximum absolute atomic E-state index is 12.9. The van der Waals surface area contributed by atoms with Gasteiger partial charge in [0.25, 0.3) is 0 Å². The summed E-state index contributed by atoms with van der Waals surface area (Å²) in [6.45, 7) is 5.32. The van der Waals surface area contributed by atoms with Gasteiger partial charge in [-0.1, -0.05) is 12.1 Å². The van der Waals surface area contributed by atoms with E-state index < -0.39 is 18.2 Å². The van der Waals surface area contributed by atoms with E-state index in [1.54, 1.807) is 20.8 Å². The largest absolute Gasteiger partial charge is 0.449 e. The first-order chi connectivity index (χ1) is 9.99. The van der Waals surface area contributed by atoms with E-state index in [1.807, 2.05) is 0 Å². The molecule has 0 aliphatic carbocycles. The molecule has 0 radical (unpaired) electrons. The topological polar surface area (TPSA) is 67.9 Å². The van der Waals surface area contributed by atoms with E-state index in [2.05, 4.69) is 5.43 Å². The van der Waals surface area contributed by atoms with Gasteiger partial charge in [-0.2, -0.15) is 0 Å². The van der Waals surface area contributed by atoms with Gasteiger partial charge in [-0.25, -0.2) is 24.4 Å². The normalized spacial score (nSPS) is 11.4. The van der Waals surface area contributed by atoms with Crippen LogP contribution in [0, 0.1) is 5.82 Å². The lowest BCUT2D eigenvalue weighted by molar-refractivity contribution is 0.0582. The van der Waals surface area contributed by atoms with Crippen molar-refractivity contribution in [3.05, 3.63) is 35.6 Å². The van der Waals surface area contributed by atoms with Crippen LogP contribution in [0.5, 0.6) is 0 Å². The Balaban J connectivity index is 2.90. The third-order valence-corrected chi connectivity index (χ3v) is 2.69. The summed E-state index contributed by atoms with van der Waals surface area (Å²) < 4.78 is 22.6. The van der Waals surface area contributed by atoms with E-state index >= 15 is 0 Å². The Morgan fingerprint density at radius 3 is 2.29 bits per heavy atom. The molecule has 0 aliphatic heterocycles. The summed E-state index contributed by atoms with van der Waals surface area (Å²) >= 11 is 0. The van der Waals surface area contributed by atoms with E-state index in [0.29, 0.717) is 5.56 Å². The van der Waals surface area contributed by atoms with E-state index in [0.717, 1.165) is 5.01 Å². The van der Waals surface area contributed by atoms with Gasteiger partial charge in [0.2, 0.25) is 0 Å². The second-order valence-electron chi connectivity index (χ2n) is 4.13. The van der Waals surface area contributed by atoms with Gasteiger partial charge in [0, 0.05) is 0 Å². The van der Waals surface area contributed by atoms with Crippen molar-refractivity contribution in [3.8, 4) is 0 Å². The van der Waals surface area contributed by atoms with Crippen LogP contribution < -0.4 is 5.43 Å². The van der Waals surface area contributed by atoms with Crippen LogP contribution >= 0.6 is 0 Å². The summed E-state index contributed by atoms with van der Waals surface area (Å²) in [4.78, 5) is 23.4. The van der Waals surface area contributed by atoms with E-state index in [4.69, 9.17) is 9.47 Å². The third kappa shape index (κ3) is 4.94. The fourth-order valence-corrected chi connectivity index (χ4v) is 1.65. The van der Waals surface area contributed by atoms with Gasteiger partial charge in [0.1, 0.15) is 5.82 Å². The summed E-state index contributed by atoms with van der Waals surface area (Å²) in [7, 11) is 0. The molecule has 1 unspecified atom stereocenters. The zero-order chi connectivity index (χ0) is 15.8. The molecule has 21 heavy (non-hydrogen) atoms. The first-order valence-corrected chi connectivity index (χ1v) is 6.64. The van der Waals surface area contributed by atoms with Crippen molar-refractivity contribution in [2.45, 2.75) is 26.8 Å².